The molecule has 1 atom stereocenters. The van der Waals surface area contributed by atoms with Gasteiger partial charge in [-0.05, 0) is 18.1 Å². The van der Waals surface area contributed by atoms with Crippen LogP contribution in [0.4, 0.5) is 8.78 Å². The summed E-state index contributed by atoms with van der Waals surface area (Å²) in [5, 5.41) is 11.0. The van der Waals surface area contributed by atoms with Crippen molar-refractivity contribution in [3.63, 3.8) is 0 Å². The van der Waals surface area contributed by atoms with Crippen LogP contribution in [0.15, 0.2) is 12.1 Å². The van der Waals surface area contributed by atoms with E-state index < -0.39 is 29.6 Å². The van der Waals surface area contributed by atoms with E-state index in [4.69, 9.17) is 16.7 Å². The highest BCUT2D eigenvalue weighted by atomic mass is 35.5. The van der Waals surface area contributed by atoms with Gasteiger partial charge in [-0.15, -0.1) is 0 Å². The number of hydrogen-bond donors (Lipinski definition) is 2. The Balaban J connectivity index is 2.94. The van der Waals surface area contributed by atoms with Crippen molar-refractivity contribution in [3.8, 4) is 0 Å². The maximum absolute atomic E-state index is 13.1. The molecule has 1 amide bonds. The maximum Gasteiger partial charge on any atom is 0.305 e. The first-order valence-corrected chi connectivity index (χ1v) is 6.27. The number of aliphatic carboxylic acids is 1. The van der Waals surface area contributed by atoms with E-state index in [-0.39, 0.29) is 22.9 Å². The molecule has 0 aliphatic carbocycles. The van der Waals surface area contributed by atoms with E-state index in [1.54, 1.807) is 13.8 Å². The van der Waals surface area contributed by atoms with Gasteiger partial charge in [-0.3, -0.25) is 9.59 Å². The maximum atomic E-state index is 13.1. The van der Waals surface area contributed by atoms with E-state index >= 15 is 0 Å². The zero-order chi connectivity index (χ0) is 15.4. The summed E-state index contributed by atoms with van der Waals surface area (Å²) >= 11 is 5.68. The number of hydrogen-bond acceptors (Lipinski definition) is 2. The zero-order valence-electron chi connectivity index (χ0n) is 10.9. The highest BCUT2D eigenvalue weighted by molar-refractivity contribution is 6.33. The van der Waals surface area contributed by atoms with Crippen molar-refractivity contribution >= 4 is 23.5 Å². The van der Waals surface area contributed by atoms with Gasteiger partial charge in [-0.2, -0.15) is 0 Å². The second-order valence-electron chi connectivity index (χ2n) is 4.67. The number of amides is 1. The number of carbonyl (C=O) groups excluding carboxylic acids is 1. The minimum atomic E-state index is -1.20. The van der Waals surface area contributed by atoms with E-state index in [2.05, 4.69) is 5.32 Å². The van der Waals surface area contributed by atoms with E-state index in [0.717, 1.165) is 0 Å². The third-order valence-electron chi connectivity index (χ3n) is 2.77. The van der Waals surface area contributed by atoms with Gasteiger partial charge in [0.2, 0.25) is 0 Å². The summed E-state index contributed by atoms with van der Waals surface area (Å²) in [6.45, 7) is 3.47. The number of rotatable bonds is 5. The molecule has 20 heavy (non-hydrogen) atoms. The molecule has 0 fully saturated rings. The van der Waals surface area contributed by atoms with Gasteiger partial charge in [0, 0.05) is 6.04 Å². The molecular formula is C13H14ClF2NO3. The fourth-order valence-corrected chi connectivity index (χ4v) is 1.82. The van der Waals surface area contributed by atoms with Crippen LogP contribution in [-0.4, -0.2) is 23.0 Å². The molecule has 2 N–H and O–H groups in total. The van der Waals surface area contributed by atoms with E-state index in [1.807, 2.05) is 0 Å². The molecule has 0 heterocycles. The molecule has 0 saturated heterocycles. The molecule has 1 aromatic rings. The minimum absolute atomic E-state index is 0.140. The van der Waals surface area contributed by atoms with Crippen molar-refractivity contribution in [2.75, 3.05) is 0 Å². The van der Waals surface area contributed by atoms with Gasteiger partial charge in [0.25, 0.3) is 5.91 Å². The lowest BCUT2D eigenvalue weighted by Crippen LogP contribution is -2.40. The van der Waals surface area contributed by atoms with E-state index in [1.165, 1.54) is 0 Å². The van der Waals surface area contributed by atoms with Gasteiger partial charge >= 0.3 is 5.97 Å². The largest absolute Gasteiger partial charge is 0.481 e. The molecule has 4 nitrogen and oxygen atoms in total. The highest BCUT2D eigenvalue weighted by Gasteiger charge is 2.22. The second-order valence-corrected chi connectivity index (χ2v) is 5.08. The molecule has 0 spiro atoms. The van der Waals surface area contributed by atoms with Crippen molar-refractivity contribution < 1.29 is 23.5 Å². The summed E-state index contributed by atoms with van der Waals surface area (Å²) in [7, 11) is 0. The summed E-state index contributed by atoms with van der Waals surface area (Å²) in [5.74, 6) is -4.30. The van der Waals surface area contributed by atoms with Gasteiger partial charge < -0.3 is 10.4 Å². The molecule has 1 unspecified atom stereocenters. The summed E-state index contributed by atoms with van der Waals surface area (Å²) in [4.78, 5) is 22.7. The third kappa shape index (κ3) is 4.16. The lowest BCUT2D eigenvalue weighted by Gasteiger charge is -2.21. The predicted molar refractivity (Wildman–Crippen MR) is 69.7 cm³/mol. The number of nitrogens with one attached hydrogen (secondary N) is 1. The van der Waals surface area contributed by atoms with E-state index in [0.29, 0.717) is 12.1 Å². The normalized spacial score (nSPS) is 12.3. The third-order valence-corrected chi connectivity index (χ3v) is 3.08. The quantitative estimate of drug-likeness (QED) is 0.822. The van der Waals surface area contributed by atoms with Crippen LogP contribution >= 0.6 is 11.6 Å². The van der Waals surface area contributed by atoms with Crippen molar-refractivity contribution in [2.45, 2.75) is 26.3 Å². The summed E-state index contributed by atoms with van der Waals surface area (Å²) in [6.07, 6.45) is -0.273. The average Bonchev–Trinajstić information content (AvgIpc) is 2.32. The second kappa shape index (κ2) is 6.65. The van der Waals surface area contributed by atoms with Crippen molar-refractivity contribution in [2.24, 2.45) is 5.92 Å². The molecule has 1 rings (SSSR count). The standard InChI is InChI=1S/C13H14ClF2NO3/c1-6(2)11(5-12(18)19)17-13(20)7-3-9(15)10(16)4-8(7)14/h3-4,6,11H,5H2,1-2H3,(H,17,20)(H,18,19). The van der Waals surface area contributed by atoms with Gasteiger partial charge in [-0.1, -0.05) is 25.4 Å². The number of carbonyl (C=O) groups is 2. The van der Waals surface area contributed by atoms with Crippen LogP contribution in [0.1, 0.15) is 30.6 Å². The van der Waals surface area contributed by atoms with Crippen LogP contribution in [-0.2, 0) is 4.79 Å². The smallest absolute Gasteiger partial charge is 0.305 e. The highest BCUT2D eigenvalue weighted by Crippen LogP contribution is 2.20. The van der Waals surface area contributed by atoms with Crippen LogP contribution in [0.2, 0.25) is 5.02 Å². The molecule has 0 saturated carbocycles. The lowest BCUT2D eigenvalue weighted by molar-refractivity contribution is -0.137. The van der Waals surface area contributed by atoms with Crippen molar-refractivity contribution in [3.05, 3.63) is 34.4 Å². The Hall–Kier alpha value is -1.69. The first-order valence-electron chi connectivity index (χ1n) is 5.89. The van der Waals surface area contributed by atoms with Crippen LogP contribution in [0.3, 0.4) is 0 Å². The van der Waals surface area contributed by atoms with Crippen LogP contribution < -0.4 is 5.32 Å². The monoisotopic (exact) mass is 305 g/mol. The molecule has 0 bridgehead atoms. The fourth-order valence-electron chi connectivity index (χ4n) is 1.58. The molecular weight excluding hydrogens is 292 g/mol. The Morgan fingerprint density at radius 1 is 1.30 bits per heavy atom. The Morgan fingerprint density at radius 2 is 1.85 bits per heavy atom. The topological polar surface area (TPSA) is 66.4 Å². The Bertz CT molecular complexity index is 535. The van der Waals surface area contributed by atoms with Gasteiger partial charge in [-0.25, -0.2) is 8.78 Å². The average molecular weight is 306 g/mol. The molecule has 0 aromatic heterocycles. The van der Waals surface area contributed by atoms with Crippen molar-refractivity contribution in [1.29, 1.82) is 0 Å². The first kappa shape index (κ1) is 16.4. The lowest BCUT2D eigenvalue weighted by atomic mass is 10.0. The molecule has 0 aliphatic heterocycles. The molecule has 0 radical (unpaired) electrons. The van der Waals surface area contributed by atoms with Gasteiger partial charge in [0.1, 0.15) is 0 Å². The molecule has 7 heteroatoms. The summed E-state index contributed by atoms with van der Waals surface area (Å²) < 4.78 is 26.0. The molecule has 110 valence electrons. The number of halogens is 3. The van der Waals surface area contributed by atoms with Crippen LogP contribution in [0.25, 0.3) is 0 Å². The van der Waals surface area contributed by atoms with Crippen LogP contribution in [0, 0.1) is 17.6 Å². The fraction of sp³-hybridized carbons (Fsp3) is 0.385. The van der Waals surface area contributed by atoms with Crippen molar-refractivity contribution in [1.82, 2.24) is 5.32 Å². The number of carboxylic acids is 1. The zero-order valence-corrected chi connectivity index (χ0v) is 11.7. The SMILES string of the molecule is CC(C)C(CC(=O)O)NC(=O)c1cc(F)c(F)cc1Cl. The minimum Gasteiger partial charge on any atom is -0.481 e. The van der Waals surface area contributed by atoms with Gasteiger partial charge in [0.05, 0.1) is 17.0 Å². The first-order chi connectivity index (χ1) is 9.22. The molecule has 1 aromatic carbocycles. The number of benzene rings is 1. The Morgan fingerprint density at radius 3 is 2.35 bits per heavy atom. The summed E-state index contributed by atoms with van der Waals surface area (Å²) in [6, 6.07) is 0.752. The summed E-state index contributed by atoms with van der Waals surface area (Å²) in [5.41, 5.74) is -0.235. The van der Waals surface area contributed by atoms with Gasteiger partial charge in [0.15, 0.2) is 11.6 Å². The Kier molecular flexibility index (Phi) is 5.44. The predicted octanol–water partition coefficient (Wildman–Crippen LogP) is 2.85. The number of carboxylic acid groups (broad SMARTS) is 1. The van der Waals surface area contributed by atoms with E-state index in [9.17, 15) is 18.4 Å². The Labute approximate surface area is 119 Å². The molecule has 0 aliphatic rings. The van der Waals surface area contributed by atoms with Crippen LogP contribution in [0.5, 0.6) is 0 Å².